The average molecular weight is 576 g/mol. The van der Waals surface area contributed by atoms with Crippen molar-refractivity contribution in [3.63, 3.8) is 0 Å². The van der Waals surface area contributed by atoms with Crippen LogP contribution in [-0.4, -0.2) is 44.3 Å². The highest BCUT2D eigenvalue weighted by atomic mass is 32.2. The molecule has 0 saturated heterocycles. The maximum atomic E-state index is 13.8. The number of amides is 2. The number of carbonyl (C=O) groups excluding carboxylic acids is 2. The van der Waals surface area contributed by atoms with E-state index < -0.39 is 46.2 Å². The highest BCUT2D eigenvalue weighted by molar-refractivity contribution is 7.92. The summed E-state index contributed by atoms with van der Waals surface area (Å²) in [5.41, 5.74) is 0.297. The second kappa shape index (κ2) is 13.0. The number of alkyl halides is 3. The van der Waals surface area contributed by atoms with Crippen LogP contribution in [0.5, 0.6) is 0 Å². The molecule has 1 N–H and O–H groups in total. The molecule has 2 amide bonds. The van der Waals surface area contributed by atoms with Gasteiger partial charge in [-0.15, -0.1) is 0 Å². The van der Waals surface area contributed by atoms with Crippen molar-refractivity contribution >= 4 is 27.5 Å². The van der Waals surface area contributed by atoms with Gasteiger partial charge in [0.15, 0.2) is 0 Å². The van der Waals surface area contributed by atoms with Crippen molar-refractivity contribution < 1.29 is 31.2 Å². The van der Waals surface area contributed by atoms with E-state index in [1.807, 2.05) is 26.0 Å². The number of carbonyl (C=O) groups is 2. The maximum Gasteiger partial charge on any atom is 0.416 e. The minimum Gasteiger partial charge on any atom is -0.354 e. The molecule has 214 valence electrons. The van der Waals surface area contributed by atoms with Crippen LogP contribution in [0.3, 0.4) is 0 Å². The van der Waals surface area contributed by atoms with Gasteiger partial charge in [0, 0.05) is 13.1 Å². The van der Waals surface area contributed by atoms with E-state index in [0.29, 0.717) is 28.9 Å². The van der Waals surface area contributed by atoms with Crippen LogP contribution in [0.2, 0.25) is 0 Å². The van der Waals surface area contributed by atoms with Crippen molar-refractivity contribution in [1.82, 2.24) is 10.2 Å². The van der Waals surface area contributed by atoms with Gasteiger partial charge in [0.05, 0.1) is 16.1 Å². The second-order valence-electron chi connectivity index (χ2n) is 9.35. The van der Waals surface area contributed by atoms with Gasteiger partial charge < -0.3 is 10.2 Å². The highest BCUT2D eigenvalue weighted by Crippen LogP contribution is 2.33. The summed E-state index contributed by atoms with van der Waals surface area (Å²) >= 11 is 0. The van der Waals surface area contributed by atoms with Crippen LogP contribution in [0, 0.1) is 6.92 Å². The van der Waals surface area contributed by atoms with Gasteiger partial charge in [0.1, 0.15) is 12.6 Å². The lowest BCUT2D eigenvalue weighted by Gasteiger charge is -2.32. The summed E-state index contributed by atoms with van der Waals surface area (Å²) in [6.07, 6.45) is -4.06. The molecule has 40 heavy (non-hydrogen) atoms. The van der Waals surface area contributed by atoms with Crippen molar-refractivity contribution in [2.75, 3.05) is 17.4 Å². The Morgan fingerprint density at radius 1 is 0.950 bits per heavy atom. The average Bonchev–Trinajstić information content (AvgIpc) is 2.93. The molecule has 0 aliphatic heterocycles. The second-order valence-corrected chi connectivity index (χ2v) is 11.2. The summed E-state index contributed by atoms with van der Waals surface area (Å²) in [6.45, 7) is 4.85. The summed E-state index contributed by atoms with van der Waals surface area (Å²) in [5, 5.41) is 2.74. The van der Waals surface area contributed by atoms with Crippen LogP contribution in [0.25, 0.3) is 0 Å². The van der Waals surface area contributed by atoms with Crippen LogP contribution in [0.1, 0.15) is 37.0 Å². The summed E-state index contributed by atoms with van der Waals surface area (Å²) in [6, 6.07) is 17.2. The minimum atomic E-state index is -4.73. The summed E-state index contributed by atoms with van der Waals surface area (Å²) in [5.74, 6) is -1.18. The lowest BCUT2D eigenvalue weighted by molar-refractivity contribution is -0.139. The van der Waals surface area contributed by atoms with Crippen molar-refractivity contribution in [2.24, 2.45) is 0 Å². The molecule has 0 saturated carbocycles. The first-order valence-electron chi connectivity index (χ1n) is 12.7. The Balaban J connectivity index is 2.06. The SMILES string of the molecule is CCCNC(=O)[C@@H](C)N(Cc1ccc(C)cc1)C(=O)CN(c1cccc(C(F)(F)F)c1)S(=O)(=O)c1ccccc1. The number of benzene rings is 3. The molecule has 1 atom stereocenters. The molecular weight excluding hydrogens is 543 g/mol. The van der Waals surface area contributed by atoms with Gasteiger partial charge >= 0.3 is 6.18 Å². The van der Waals surface area contributed by atoms with Crippen molar-refractivity contribution in [3.8, 4) is 0 Å². The van der Waals surface area contributed by atoms with Gasteiger partial charge in [-0.25, -0.2) is 8.42 Å². The predicted octanol–water partition coefficient (Wildman–Crippen LogP) is 5.15. The molecule has 0 aromatic heterocycles. The quantitative estimate of drug-likeness (QED) is 0.343. The maximum absolute atomic E-state index is 13.8. The normalized spacial score (nSPS) is 12.4. The molecule has 0 heterocycles. The summed E-state index contributed by atoms with van der Waals surface area (Å²) in [4.78, 5) is 27.7. The van der Waals surface area contributed by atoms with Crippen LogP contribution >= 0.6 is 0 Å². The van der Waals surface area contributed by atoms with E-state index in [2.05, 4.69) is 5.32 Å². The van der Waals surface area contributed by atoms with Gasteiger partial charge in [0.2, 0.25) is 11.8 Å². The Hall–Kier alpha value is -3.86. The molecule has 0 aliphatic rings. The van der Waals surface area contributed by atoms with E-state index in [9.17, 15) is 31.2 Å². The first-order chi connectivity index (χ1) is 18.8. The minimum absolute atomic E-state index is 0.0123. The number of halogens is 3. The Morgan fingerprint density at radius 3 is 2.20 bits per heavy atom. The molecule has 0 radical (unpaired) electrons. The molecular formula is C29H32F3N3O4S. The van der Waals surface area contributed by atoms with Crippen LogP contribution < -0.4 is 9.62 Å². The Kier molecular flexibility index (Phi) is 9.97. The Labute approximate surface area is 232 Å². The van der Waals surface area contributed by atoms with Crippen LogP contribution in [0.4, 0.5) is 18.9 Å². The zero-order chi connectivity index (χ0) is 29.5. The monoisotopic (exact) mass is 575 g/mol. The number of nitrogens with zero attached hydrogens (tertiary/aromatic N) is 2. The van der Waals surface area contributed by atoms with Crippen LogP contribution in [0.15, 0.2) is 83.8 Å². The van der Waals surface area contributed by atoms with Crippen LogP contribution in [-0.2, 0) is 32.3 Å². The lowest BCUT2D eigenvalue weighted by Crippen LogP contribution is -2.51. The van der Waals surface area contributed by atoms with E-state index in [1.54, 1.807) is 18.2 Å². The zero-order valence-electron chi connectivity index (χ0n) is 22.5. The molecule has 7 nitrogen and oxygen atoms in total. The Morgan fingerprint density at radius 2 is 1.60 bits per heavy atom. The van der Waals surface area contributed by atoms with Gasteiger partial charge in [-0.1, -0.05) is 61.0 Å². The lowest BCUT2D eigenvalue weighted by atomic mass is 10.1. The first kappa shape index (κ1) is 30.7. The molecule has 3 aromatic rings. The fourth-order valence-corrected chi connectivity index (χ4v) is 5.38. The number of anilines is 1. The van der Waals surface area contributed by atoms with Gasteiger partial charge in [-0.3, -0.25) is 13.9 Å². The number of aryl methyl sites for hydroxylation is 1. The number of hydrogen-bond donors (Lipinski definition) is 1. The molecule has 11 heteroatoms. The topological polar surface area (TPSA) is 86.8 Å². The summed E-state index contributed by atoms with van der Waals surface area (Å²) < 4.78 is 68.6. The van der Waals surface area contributed by atoms with Gasteiger partial charge in [0.25, 0.3) is 10.0 Å². The molecule has 0 bridgehead atoms. The molecule has 0 spiro atoms. The highest BCUT2D eigenvalue weighted by Gasteiger charge is 2.35. The third-order valence-electron chi connectivity index (χ3n) is 6.26. The van der Waals surface area contributed by atoms with Crippen molar-refractivity contribution in [3.05, 3.63) is 95.6 Å². The van der Waals surface area contributed by atoms with E-state index >= 15 is 0 Å². The number of hydrogen-bond acceptors (Lipinski definition) is 4. The molecule has 0 aliphatic carbocycles. The Bertz CT molecular complexity index is 1410. The number of rotatable bonds is 11. The molecule has 3 aromatic carbocycles. The summed E-state index contributed by atoms with van der Waals surface area (Å²) in [7, 11) is -4.47. The predicted molar refractivity (Wildman–Crippen MR) is 147 cm³/mol. The van der Waals surface area contributed by atoms with Gasteiger partial charge in [-0.05, 0) is 56.2 Å². The smallest absolute Gasteiger partial charge is 0.354 e. The number of sulfonamides is 1. The largest absolute Gasteiger partial charge is 0.416 e. The molecule has 3 rings (SSSR count). The fourth-order valence-electron chi connectivity index (χ4n) is 3.95. The van der Waals surface area contributed by atoms with E-state index in [4.69, 9.17) is 0 Å². The first-order valence-corrected chi connectivity index (χ1v) is 14.2. The molecule has 0 fully saturated rings. The van der Waals surface area contributed by atoms with E-state index in [0.717, 1.165) is 17.7 Å². The molecule has 0 unspecified atom stereocenters. The van der Waals surface area contributed by atoms with Crippen molar-refractivity contribution in [2.45, 2.75) is 50.9 Å². The fraction of sp³-hybridized carbons (Fsp3) is 0.310. The van der Waals surface area contributed by atoms with Gasteiger partial charge in [-0.2, -0.15) is 13.2 Å². The third kappa shape index (κ3) is 7.62. The standard InChI is InChI=1S/C29H32F3N3O4S/c1-4-17-33-28(37)22(3)34(19-23-15-13-21(2)14-16-23)27(36)20-35(40(38,39)26-11-6-5-7-12-26)25-10-8-9-24(18-25)29(30,31)32/h5-16,18,22H,4,17,19-20H2,1-3H3,(H,33,37)/t22-/m1/s1. The van der Waals surface area contributed by atoms with E-state index in [1.165, 1.54) is 42.2 Å². The van der Waals surface area contributed by atoms with Crippen molar-refractivity contribution in [1.29, 1.82) is 0 Å². The third-order valence-corrected chi connectivity index (χ3v) is 8.05. The number of nitrogens with one attached hydrogen (secondary N) is 1. The van der Waals surface area contributed by atoms with E-state index in [-0.39, 0.29) is 17.1 Å². The zero-order valence-corrected chi connectivity index (χ0v) is 23.3.